The fraction of sp³-hybridized carbons (Fsp3) is 0.531. The van der Waals surface area contributed by atoms with Crippen LogP contribution < -0.4 is 4.90 Å². The van der Waals surface area contributed by atoms with Crippen molar-refractivity contribution in [1.82, 2.24) is 24.6 Å². The van der Waals surface area contributed by atoms with E-state index in [-0.39, 0.29) is 17.2 Å². The molecule has 0 bridgehead atoms. The van der Waals surface area contributed by atoms with Crippen LogP contribution in [0, 0.1) is 23.2 Å². The normalized spacial score (nSPS) is 26.4. The Balaban J connectivity index is 1.18. The second kappa shape index (κ2) is 9.81. The number of hydrogen-bond acceptors (Lipinski definition) is 6. The van der Waals surface area contributed by atoms with Gasteiger partial charge in [-0.05, 0) is 74.8 Å². The van der Waals surface area contributed by atoms with E-state index >= 15 is 0 Å². The molecule has 8 heteroatoms. The van der Waals surface area contributed by atoms with E-state index in [9.17, 15) is 10.1 Å². The maximum absolute atomic E-state index is 14.0. The second-order valence-electron chi connectivity index (χ2n) is 12.8. The molecule has 0 radical (unpaired) electrons. The number of carbonyl (C=O) groups excluding carboxylic acids is 1. The van der Waals surface area contributed by atoms with Gasteiger partial charge < -0.3 is 9.47 Å². The number of likely N-dealkylation sites (tertiary alicyclic amines) is 1. The van der Waals surface area contributed by atoms with Crippen molar-refractivity contribution in [3.8, 4) is 6.07 Å². The van der Waals surface area contributed by atoms with Crippen molar-refractivity contribution in [3.63, 3.8) is 0 Å². The van der Waals surface area contributed by atoms with Crippen LogP contribution in [0.5, 0.6) is 0 Å². The van der Waals surface area contributed by atoms with Gasteiger partial charge >= 0.3 is 0 Å². The zero-order chi connectivity index (χ0) is 27.4. The number of aromatic nitrogens is 4. The van der Waals surface area contributed by atoms with Gasteiger partial charge in [-0.25, -0.2) is 0 Å². The van der Waals surface area contributed by atoms with Crippen molar-refractivity contribution < 1.29 is 4.79 Å². The molecule has 1 amide bonds. The molecular weight excluding hydrogens is 498 g/mol. The average Bonchev–Trinajstić information content (AvgIpc) is 3.62. The zero-order valence-electron chi connectivity index (χ0n) is 23.5. The standard InChI is InChI=1S/C32H37N7O/c1-21-5-4-10-38(17-21)18-25-12-27-28(30(35-25)23-8-9-23)19-39(31(27)40)26-7-3-6-24(11-26)32(13-22(14-32)16-33)15-29-36-34-20-37(29)2/h3,6-7,11-12,20-23H,4-5,8-10,13-15,17-19H2,1-2H3. The molecule has 8 nitrogen and oxygen atoms in total. The van der Waals surface area contributed by atoms with Crippen molar-refractivity contribution in [2.45, 2.75) is 76.3 Å². The fourth-order valence-corrected chi connectivity index (χ4v) is 7.25. The second-order valence-corrected chi connectivity index (χ2v) is 12.8. The molecule has 2 aliphatic heterocycles. The SMILES string of the molecule is CC1CCCN(Cc2cc3c(c(C4CC4)n2)CN(c2cccc(C4(Cc5nncn5C)CC(C#N)C4)c2)C3=O)C1. The van der Waals surface area contributed by atoms with Gasteiger partial charge in [0.2, 0.25) is 0 Å². The van der Waals surface area contributed by atoms with Gasteiger partial charge in [0, 0.05) is 66.3 Å². The van der Waals surface area contributed by atoms with Gasteiger partial charge in [-0.2, -0.15) is 5.26 Å². The van der Waals surface area contributed by atoms with E-state index in [0.29, 0.717) is 18.4 Å². The Hall–Kier alpha value is -3.57. The first kappa shape index (κ1) is 25.4. The lowest BCUT2D eigenvalue weighted by Crippen LogP contribution is -2.43. The lowest BCUT2D eigenvalue weighted by atomic mass is 9.57. The Morgan fingerprint density at radius 3 is 2.75 bits per heavy atom. The van der Waals surface area contributed by atoms with Crippen LogP contribution in [0.25, 0.3) is 0 Å². The molecule has 40 heavy (non-hydrogen) atoms. The number of rotatable bonds is 7. The first-order valence-corrected chi connectivity index (χ1v) is 14.8. The molecule has 4 heterocycles. The molecule has 2 aromatic heterocycles. The van der Waals surface area contributed by atoms with E-state index in [1.807, 2.05) is 22.6 Å². The molecule has 1 aromatic carbocycles. The number of benzene rings is 1. The highest BCUT2D eigenvalue weighted by Gasteiger charge is 2.47. The van der Waals surface area contributed by atoms with Crippen LogP contribution in [0.15, 0.2) is 36.7 Å². The molecule has 4 aliphatic rings. The Morgan fingerprint density at radius 1 is 1.18 bits per heavy atom. The molecule has 206 valence electrons. The van der Waals surface area contributed by atoms with Crippen LogP contribution in [0.4, 0.5) is 5.69 Å². The smallest absolute Gasteiger partial charge is 0.259 e. The van der Waals surface area contributed by atoms with Crippen molar-refractivity contribution in [2.75, 3.05) is 18.0 Å². The van der Waals surface area contributed by atoms with Crippen molar-refractivity contribution in [2.24, 2.45) is 18.9 Å². The summed E-state index contributed by atoms with van der Waals surface area (Å²) in [6, 6.07) is 13.0. The summed E-state index contributed by atoms with van der Waals surface area (Å²) in [5, 5.41) is 18.0. The van der Waals surface area contributed by atoms with Crippen LogP contribution >= 0.6 is 0 Å². The number of hydrogen-bond donors (Lipinski definition) is 0. The van der Waals surface area contributed by atoms with Gasteiger partial charge in [-0.3, -0.25) is 14.7 Å². The van der Waals surface area contributed by atoms with E-state index in [4.69, 9.17) is 4.98 Å². The number of aryl methyl sites for hydroxylation is 1. The third kappa shape index (κ3) is 4.50. The zero-order valence-corrected chi connectivity index (χ0v) is 23.5. The van der Waals surface area contributed by atoms with Crippen LogP contribution in [-0.4, -0.2) is 43.6 Å². The minimum Gasteiger partial charge on any atom is -0.321 e. The van der Waals surface area contributed by atoms with Crippen molar-refractivity contribution >= 4 is 11.6 Å². The van der Waals surface area contributed by atoms with Crippen LogP contribution in [-0.2, 0) is 32.0 Å². The Bertz CT molecular complexity index is 1490. The summed E-state index contributed by atoms with van der Waals surface area (Å²) in [6.07, 6.45) is 8.91. The van der Waals surface area contributed by atoms with Crippen LogP contribution in [0.1, 0.15) is 90.1 Å². The molecule has 1 atom stereocenters. The topological polar surface area (TPSA) is 90.9 Å². The highest BCUT2D eigenvalue weighted by atomic mass is 16.2. The van der Waals surface area contributed by atoms with E-state index in [1.54, 1.807) is 6.33 Å². The molecule has 1 unspecified atom stereocenters. The highest BCUT2D eigenvalue weighted by molar-refractivity contribution is 6.10. The predicted molar refractivity (Wildman–Crippen MR) is 152 cm³/mol. The van der Waals surface area contributed by atoms with Gasteiger partial charge in [-0.1, -0.05) is 19.1 Å². The Labute approximate surface area is 236 Å². The van der Waals surface area contributed by atoms with Crippen LogP contribution in [0.3, 0.4) is 0 Å². The molecular formula is C32H37N7O. The summed E-state index contributed by atoms with van der Waals surface area (Å²) in [5.41, 5.74) is 6.07. The van der Waals surface area contributed by atoms with E-state index in [1.165, 1.54) is 18.4 Å². The third-order valence-corrected chi connectivity index (χ3v) is 9.62. The van der Waals surface area contributed by atoms with E-state index in [0.717, 1.165) is 85.8 Å². The molecule has 1 saturated heterocycles. The minimum absolute atomic E-state index is 0.0445. The number of anilines is 1. The van der Waals surface area contributed by atoms with Crippen molar-refractivity contribution in [3.05, 3.63) is 70.6 Å². The summed E-state index contributed by atoms with van der Waals surface area (Å²) < 4.78 is 1.96. The molecule has 7 rings (SSSR count). The lowest BCUT2D eigenvalue weighted by Gasteiger charge is -2.45. The summed E-state index contributed by atoms with van der Waals surface area (Å²) in [4.78, 5) is 23.6. The van der Waals surface area contributed by atoms with Gasteiger partial charge in [0.05, 0.1) is 18.3 Å². The number of piperidine rings is 1. The van der Waals surface area contributed by atoms with Gasteiger partial charge in [0.1, 0.15) is 12.2 Å². The summed E-state index contributed by atoms with van der Waals surface area (Å²) in [5.74, 6) is 2.24. The number of amides is 1. The maximum atomic E-state index is 14.0. The molecule has 0 N–H and O–H groups in total. The fourth-order valence-electron chi connectivity index (χ4n) is 7.25. The Morgan fingerprint density at radius 2 is 2.02 bits per heavy atom. The van der Waals surface area contributed by atoms with Gasteiger partial charge in [0.15, 0.2) is 0 Å². The largest absolute Gasteiger partial charge is 0.321 e. The molecule has 3 fully saturated rings. The third-order valence-electron chi connectivity index (χ3n) is 9.62. The Kier molecular flexibility index (Phi) is 6.23. The molecule has 3 aromatic rings. The van der Waals surface area contributed by atoms with E-state index < -0.39 is 0 Å². The number of pyridine rings is 1. The molecule has 2 saturated carbocycles. The maximum Gasteiger partial charge on any atom is 0.259 e. The lowest BCUT2D eigenvalue weighted by molar-refractivity contribution is 0.0996. The number of nitriles is 1. The monoisotopic (exact) mass is 535 g/mol. The summed E-state index contributed by atoms with van der Waals surface area (Å²) in [6.45, 7) is 5.94. The van der Waals surface area contributed by atoms with E-state index in [2.05, 4.69) is 52.4 Å². The highest BCUT2D eigenvalue weighted by Crippen LogP contribution is 2.50. The summed E-state index contributed by atoms with van der Waals surface area (Å²) >= 11 is 0. The molecule has 2 aliphatic carbocycles. The molecule has 0 spiro atoms. The van der Waals surface area contributed by atoms with Gasteiger partial charge in [-0.15, -0.1) is 10.2 Å². The predicted octanol–water partition coefficient (Wildman–Crippen LogP) is 4.89. The van der Waals surface area contributed by atoms with Crippen LogP contribution in [0.2, 0.25) is 0 Å². The first-order chi connectivity index (χ1) is 19.4. The summed E-state index contributed by atoms with van der Waals surface area (Å²) in [7, 11) is 1.96. The van der Waals surface area contributed by atoms with Gasteiger partial charge in [0.25, 0.3) is 5.91 Å². The first-order valence-electron chi connectivity index (χ1n) is 14.8. The number of carbonyl (C=O) groups is 1. The number of nitrogens with zero attached hydrogens (tertiary/aromatic N) is 7. The number of fused-ring (bicyclic) bond motifs is 1. The average molecular weight is 536 g/mol. The quantitative estimate of drug-likeness (QED) is 0.428. The minimum atomic E-state index is -0.174. The van der Waals surface area contributed by atoms with Crippen molar-refractivity contribution in [1.29, 1.82) is 5.26 Å².